The minimum atomic E-state index is -0.988. The predicted molar refractivity (Wildman–Crippen MR) is 132 cm³/mol. The van der Waals surface area contributed by atoms with E-state index in [0.717, 1.165) is 26.6 Å². The monoisotopic (exact) mass is 505 g/mol. The van der Waals surface area contributed by atoms with Crippen LogP contribution in [0.4, 0.5) is 9.18 Å². The number of amides is 2. The average molecular weight is 506 g/mol. The summed E-state index contributed by atoms with van der Waals surface area (Å²) in [7, 11) is 2.56. The summed E-state index contributed by atoms with van der Waals surface area (Å²) in [5.74, 6) is -1.93. The number of rotatable bonds is 8. The number of nitrogens with zero attached hydrogens (tertiary/aromatic N) is 4. The summed E-state index contributed by atoms with van der Waals surface area (Å²) in [6.45, 7) is 10.0. The molecule has 2 N–H and O–H groups in total. The Bertz CT molecular complexity index is 1260. The van der Waals surface area contributed by atoms with Gasteiger partial charge in [0.25, 0.3) is 5.91 Å². The van der Waals surface area contributed by atoms with Crippen molar-refractivity contribution in [1.82, 2.24) is 14.9 Å². The number of halogens is 1. The fourth-order valence-electron chi connectivity index (χ4n) is 2.86. The van der Waals surface area contributed by atoms with Crippen molar-refractivity contribution in [2.45, 2.75) is 39.7 Å². The highest BCUT2D eigenvalue weighted by Gasteiger charge is 2.28. The lowest BCUT2D eigenvalue weighted by Crippen LogP contribution is -2.44. The Hall–Kier alpha value is -3.80. The molecule has 0 saturated heterocycles. The quantitative estimate of drug-likeness (QED) is 0.544. The van der Waals surface area contributed by atoms with E-state index in [4.69, 9.17) is 15.2 Å². The van der Waals surface area contributed by atoms with Crippen LogP contribution in [0.25, 0.3) is 10.6 Å². The molecule has 2 aromatic heterocycles. The van der Waals surface area contributed by atoms with E-state index in [1.54, 1.807) is 39.8 Å². The largest absolute Gasteiger partial charge is 0.491 e. The molecule has 2 amide bonds. The summed E-state index contributed by atoms with van der Waals surface area (Å²) < 4.78 is 24.6. The summed E-state index contributed by atoms with van der Waals surface area (Å²) in [6, 6.07) is 0. The minimum absolute atomic E-state index is 0.0284. The van der Waals surface area contributed by atoms with Gasteiger partial charge >= 0.3 is 6.09 Å². The molecular formula is C23H28FN5O5S. The lowest BCUT2D eigenvalue weighted by Gasteiger charge is -2.28. The number of pyridine rings is 1. The molecule has 2 aromatic rings. The van der Waals surface area contributed by atoms with Gasteiger partial charge in [-0.15, -0.1) is 10.2 Å². The van der Waals surface area contributed by atoms with Crippen LogP contribution in [0.5, 0.6) is 5.75 Å². The third-order valence-corrected chi connectivity index (χ3v) is 5.42. The molecule has 188 valence electrons. The van der Waals surface area contributed by atoms with Crippen LogP contribution in [0.3, 0.4) is 0 Å². The van der Waals surface area contributed by atoms with Gasteiger partial charge in [-0.1, -0.05) is 30.1 Å². The van der Waals surface area contributed by atoms with Crippen molar-refractivity contribution < 1.29 is 23.5 Å². The number of hydrogen-bond acceptors (Lipinski definition) is 8. The fraction of sp³-hybridized carbons (Fsp3) is 0.348. The number of ether oxygens (including phenoxy) is 2. The first-order valence-electron chi connectivity index (χ1n) is 10.4. The number of methoxy groups -OCH3 is 1. The van der Waals surface area contributed by atoms with Crippen LogP contribution in [0.15, 0.2) is 47.2 Å². The molecule has 0 aliphatic rings. The third-order valence-electron chi connectivity index (χ3n) is 4.47. The predicted octanol–water partition coefficient (Wildman–Crippen LogP) is 3.51. The van der Waals surface area contributed by atoms with Gasteiger partial charge in [-0.2, -0.15) is 0 Å². The molecule has 12 heteroatoms. The van der Waals surface area contributed by atoms with E-state index in [2.05, 4.69) is 16.8 Å². The van der Waals surface area contributed by atoms with E-state index >= 15 is 0 Å². The number of carbonyl (C=O) groups excluding carboxylic acids is 2. The lowest BCUT2D eigenvalue weighted by atomic mass is 10.1. The topological polar surface area (TPSA) is 130 Å². The maximum absolute atomic E-state index is 13.1. The maximum Gasteiger partial charge on any atom is 0.429 e. The zero-order chi connectivity index (χ0) is 26.5. The maximum atomic E-state index is 13.1. The van der Waals surface area contributed by atoms with Gasteiger partial charge in [-0.3, -0.25) is 9.59 Å². The Balaban J connectivity index is 2.60. The molecule has 35 heavy (non-hydrogen) atoms. The standard InChI is InChI=1S/C23H28FN5O5S/c1-8-14(10-9-13(2)24)11-16-26-27-21(35-16)15-12-29(28(6)22(32)34-23(3,4)5)17(20(25)31)19(33-7)18(15)30/h8-10,12H,2,11H2,1,3-7H3,(H2,25,31)/b10-9-,14-8?. The molecule has 0 spiro atoms. The van der Waals surface area contributed by atoms with Gasteiger partial charge in [-0.25, -0.2) is 18.9 Å². The van der Waals surface area contributed by atoms with Crippen molar-refractivity contribution in [2.24, 2.45) is 5.73 Å². The number of aromatic nitrogens is 3. The van der Waals surface area contributed by atoms with E-state index in [0.29, 0.717) is 11.4 Å². The van der Waals surface area contributed by atoms with E-state index in [1.807, 2.05) is 0 Å². The van der Waals surface area contributed by atoms with Gasteiger partial charge in [0.2, 0.25) is 5.43 Å². The van der Waals surface area contributed by atoms with Crippen LogP contribution in [0.2, 0.25) is 0 Å². The van der Waals surface area contributed by atoms with Crippen LogP contribution in [0.1, 0.15) is 43.2 Å². The second-order valence-corrected chi connectivity index (χ2v) is 9.35. The van der Waals surface area contributed by atoms with E-state index in [9.17, 15) is 18.8 Å². The SMILES string of the molecule is C=C(F)/C=C\C(=CC)Cc1nnc(-c2cn(N(C)C(=O)OC(C)(C)C)c(C(N)=O)c(OC)c2=O)s1. The first kappa shape index (κ1) is 27.4. The Morgan fingerprint density at radius 3 is 2.49 bits per heavy atom. The molecule has 2 heterocycles. The Labute approximate surface area is 206 Å². The van der Waals surface area contributed by atoms with Crippen molar-refractivity contribution in [1.29, 1.82) is 0 Å². The van der Waals surface area contributed by atoms with Crippen LogP contribution in [-0.4, -0.2) is 46.6 Å². The molecule has 0 fully saturated rings. The van der Waals surface area contributed by atoms with Crippen LogP contribution in [0, 0.1) is 0 Å². The second kappa shape index (κ2) is 11.1. The highest BCUT2D eigenvalue weighted by atomic mass is 32.1. The molecule has 2 rings (SSSR count). The molecule has 0 bridgehead atoms. The van der Waals surface area contributed by atoms with Gasteiger partial charge in [-0.05, 0) is 39.3 Å². The van der Waals surface area contributed by atoms with Gasteiger partial charge in [0.1, 0.15) is 16.4 Å². The number of hydrogen-bond donors (Lipinski definition) is 1. The second-order valence-electron chi connectivity index (χ2n) is 8.29. The summed E-state index contributed by atoms with van der Waals surface area (Å²) in [4.78, 5) is 38.0. The summed E-state index contributed by atoms with van der Waals surface area (Å²) >= 11 is 1.12. The summed E-state index contributed by atoms with van der Waals surface area (Å²) in [5, 5.41) is 9.96. The number of primary amides is 1. The Morgan fingerprint density at radius 2 is 1.97 bits per heavy atom. The highest BCUT2D eigenvalue weighted by Crippen LogP contribution is 2.26. The van der Waals surface area contributed by atoms with Crippen LogP contribution < -0.4 is 20.9 Å². The van der Waals surface area contributed by atoms with Crippen molar-refractivity contribution in [3.8, 4) is 16.3 Å². The Kier molecular flexibility index (Phi) is 8.69. The molecule has 0 atom stereocenters. The van der Waals surface area contributed by atoms with E-state index in [1.165, 1.54) is 26.4 Å². The van der Waals surface area contributed by atoms with Gasteiger partial charge in [0.15, 0.2) is 16.5 Å². The smallest absolute Gasteiger partial charge is 0.429 e. The highest BCUT2D eigenvalue weighted by molar-refractivity contribution is 7.14. The van der Waals surface area contributed by atoms with Gasteiger partial charge < -0.3 is 15.2 Å². The Morgan fingerprint density at radius 1 is 1.31 bits per heavy atom. The van der Waals surface area contributed by atoms with Crippen LogP contribution >= 0.6 is 11.3 Å². The molecule has 0 aliphatic carbocycles. The normalized spacial score (nSPS) is 12.0. The van der Waals surface area contributed by atoms with Crippen molar-refractivity contribution >= 4 is 23.3 Å². The van der Waals surface area contributed by atoms with Crippen molar-refractivity contribution in [3.63, 3.8) is 0 Å². The minimum Gasteiger partial charge on any atom is -0.491 e. The molecule has 0 saturated carbocycles. The summed E-state index contributed by atoms with van der Waals surface area (Å²) in [5.41, 5.74) is 4.49. The first-order chi connectivity index (χ1) is 16.3. The average Bonchev–Trinajstić information content (AvgIpc) is 3.22. The van der Waals surface area contributed by atoms with Gasteiger partial charge in [0, 0.05) is 19.7 Å². The number of carbonyl (C=O) groups is 2. The van der Waals surface area contributed by atoms with E-state index in [-0.39, 0.29) is 22.0 Å². The van der Waals surface area contributed by atoms with Gasteiger partial charge in [0.05, 0.1) is 12.7 Å². The molecule has 0 aliphatic heterocycles. The lowest BCUT2D eigenvalue weighted by molar-refractivity contribution is 0.0549. The fourth-order valence-corrected chi connectivity index (χ4v) is 3.74. The first-order valence-corrected chi connectivity index (χ1v) is 11.2. The molecule has 0 aromatic carbocycles. The zero-order valence-corrected chi connectivity index (χ0v) is 21.2. The van der Waals surface area contributed by atoms with Crippen molar-refractivity contribution in [3.05, 3.63) is 63.3 Å². The molecular weight excluding hydrogens is 477 g/mol. The molecule has 10 nitrogen and oxygen atoms in total. The molecule has 0 unspecified atom stereocenters. The third kappa shape index (κ3) is 6.85. The van der Waals surface area contributed by atoms with Crippen molar-refractivity contribution in [2.75, 3.05) is 19.2 Å². The zero-order valence-electron chi connectivity index (χ0n) is 20.4. The summed E-state index contributed by atoms with van der Waals surface area (Å²) in [6.07, 6.45) is 5.37. The number of nitrogens with two attached hydrogens (primary N) is 1. The van der Waals surface area contributed by atoms with E-state index < -0.39 is 28.9 Å². The van der Waals surface area contributed by atoms with Crippen LogP contribution in [-0.2, 0) is 11.2 Å². The number of allylic oxidation sites excluding steroid dienone is 5. The molecule has 0 radical (unpaired) electrons.